The molecule has 2 amide bonds. The van der Waals surface area contributed by atoms with E-state index in [-0.39, 0.29) is 95.5 Å². The Bertz CT molecular complexity index is 3250. The second kappa shape index (κ2) is 56.5. The zero-order valence-corrected chi connectivity index (χ0v) is 72.9. The van der Waals surface area contributed by atoms with Crippen LogP contribution in [0.3, 0.4) is 0 Å². The molecular weight excluding hydrogens is 1450 g/mol. The van der Waals surface area contributed by atoms with Crippen molar-refractivity contribution in [2.24, 2.45) is 110 Å². The van der Waals surface area contributed by atoms with Crippen LogP contribution in [-0.4, -0.2) is 179 Å². The van der Waals surface area contributed by atoms with E-state index in [0.717, 1.165) is 87.1 Å². The molecule has 4 fully saturated rings. The smallest absolute Gasteiger partial charge is 0.309 e. The summed E-state index contributed by atoms with van der Waals surface area (Å²) in [5.74, 6) is 7.60. The zero-order valence-electron chi connectivity index (χ0n) is 72.9. The van der Waals surface area contributed by atoms with E-state index in [1.165, 1.54) is 38.5 Å². The summed E-state index contributed by atoms with van der Waals surface area (Å²) in [6, 6.07) is 16.6. The number of rotatable bonds is 52. The number of esters is 1. The van der Waals surface area contributed by atoms with Crippen LogP contribution in [0.15, 0.2) is 64.8 Å². The number of amides is 2. The number of aliphatic hydroxyl groups excluding tert-OH is 3. The summed E-state index contributed by atoms with van der Waals surface area (Å²) in [4.78, 5) is 44.0. The van der Waals surface area contributed by atoms with Crippen LogP contribution in [-0.2, 0) is 52.6 Å². The Balaban J connectivity index is 0.000000424. The minimum atomic E-state index is -0.901. The van der Waals surface area contributed by atoms with Crippen LogP contribution in [0, 0.1) is 88.8 Å². The number of nitrogens with two attached hydrogens (primary N) is 2. The molecule has 648 valence electrons. The summed E-state index contributed by atoms with van der Waals surface area (Å²) < 4.78 is 55.2. The lowest BCUT2D eigenvalue weighted by Crippen LogP contribution is -2.43. The van der Waals surface area contributed by atoms with E-state index in [1.54, 1.807) is 42.7 Å². The molecule has 1 heterocycles. The van der Waals surface area contributed by atoms with Gasteiger partial charge >= 0.3 is 5.97 Å². The van der Waals surface area contributed by atoms with E-state index in [9.17, 15) is 35.7 Å². The number of ether oxygens (including phenoxy) is 10. The number of hydrogen-bond acceptors (Lipinski definition) is 20. The number of nitrogens with one attached hydrogen (secondary N) is 2. The van der Waals surface area contributed by atoms with Gasteiger partial charge in [-0.1, -0.05) is 112 Å². The number of carbonyl (C=O) groups excluding carboxylic acids is 3. The number of azide groups is 2. The second-order valence-electron chi connectivity index (χ2n) is 33.5. The molecule has 0 unspecified atom stereocenters. The van der Waals surface area contributed by atoms with Crippen LogP contribution in [0.25, 0.3) is 20.9 Å². The summed E-state index contributed by atoms with van der Waals surface area (Å²) in [5, 5.41) is 43.3. The van der Waals surface area contributed by atoms with Crippen LogP contribution in [0.2, 0.25) is 0 Å². The molecule has 7 rings (SSSR count). The quantitative estimate of drug-likeness (QED) is 0.00907. The van der Waals surface area contributed by atoms with Crippen molar-refractivity contribution < 1.29 is 77.1 Å². The van der Waals surface area contributed by atoms with Crippen molar-refractivity contribution >= 4 is 17.8 Å². The Hall–Kier alpha value is -6.83. The molecule has 3 aromatic rings. The molecule has 114 heavy (non-hydrogen) atoms. The molecule has 0 bridgehead atoms. The second-order valence-corrected chi connectivity index (χ2v) is 33.5. The van der Waals surface area contributed by atoms with E-state index in [0.29, 0.717) is 131 Å². The molecule has 3 saturated carbocycles. The van der Waals surface area contributed by atoms with E-state index in [1.807, 2.05) is 90.1 Å². The van der Waals surface area contributed by atoms with Crippen molar-refractivity contribution in [2.45, 2.75) is 235 Å². The summed E-state index contributed by atoms with van der Waals surface area (Å²) in [6.07, 6.45) is 13.4. The molecule has 4 aliphatic rings. The Morgan fingerprint density at radius 3 is 1.18 bits per heavy atom. The van der Waals surface area contributed by atoms with Gasteiger partial charge in [-0.25, -0.2) is 0 Å². The monoisotopic (exact) mass is 1600 g/mol. The average molecular weight is 1600 g/mol. The van der Waals surface area contributed by atoms with Gasteiger partial charge in [0.15, 0.2) is 34.5 Å². The van der Waals surface area contributed by atoms with E-state index >= 15 is 0 Å². The standard InChI is InChI=1S/C29H48N4O5.C29H50N2O5.C25H39N3O5.C4H9N.CH4O/c1-19(2)23(14-22-10-11-27(37-6)28(15-22)38-13-7-12-36-5)16-25(32-33-30)26(34)17-24(20(3)4)29(35)31-18-21-8-9-21;1-19(2)23(14-22-10-11-27(35-6)28(15-22)36-13-7-12-34-5)16-25(30)26(32)17-24(20(3)4)29(33)31-18-21-8-9-21;1-16(2)19(14-21(27-28-26)23-15-20(17(3)4)25(29)33-23)12-18-8-9-22(31-6)24(13-18)32-11-7-10-30-5;5-3-4-1-2-4;1-2/h10-11,15,19-21,23-26,34H,7-9,12-14,16-18H2,1-6H3,(H,31,35);10-11,15,19-21,23-26,32H,7-9,12-14,16-18,30H2,1-6H3,(H,31,33);8-9,13,16-17,19-21,23H,7,10-12,14-15H2,1-6H3;4H,1-3,5H2;2H,1H3/t2*23-,24-,25-,26-;19-,20-,21-,23-;;/m000../s1. The van der Waals surface area contributed by atoms with Crippen molar-refractivity contribution in [1.82, 2.24) is 10.6 Å². The number of methoxy groups -OCH3 is 6. The largest absolute Gasteiger partial charge is 0.493 e. The number of hydrogen-bond donors (Lipinski definition) is 7. The van der Waals surface area contributed by atoms with Gasteiger partial charge in [0.2, 0.25) is 11.8 Å². The highest BCUT2D eigenvalue weighted by atomic mass is 16.6. The Morgan fingerprint density at radius 2 is 0.877 bits per heavy atom. The first-order valence-corrected chi connectivity index (χ1v) is 42.1. The first-order valence-electron chi connectivity index (χ1n) is 42.1. The number of aliphatic hydroxyl groups is 3. The van der Waals surface area contributed by atoms with Crippen LogP contribution >= 0.6 is 0 Å². The molecular formula is C88H150N10O16. The third-order valence-corrected chi connectivity index (χ3v) is 22.4. The molecule has 3 aliphatic carbocycles. The Kier molecular flexibility index (Phi) is 50.2. The van der Waals surface area contributed by atoms with Gasteiger partial charge < -0.3 is 84.8 Å². The number of carbonyl (C=O) groups is 3. The van der Waals surface area contributed by atoms with Crippen molar-refractivity contribution in [3.05, 3.63) is 92.2 Å². The van der Waals surface area contributed by atoms with Crippen LogP contribution in [0.5, 0.6) is 34.5 Å². The van der Waals surface area contributed by atoms with Crippen molar-refractivity contribution in [2.75, 3.05) is 109 Å². The van der Waals surface area contributed by atoms with Crippen molar-refractivity contribution in [3.63, 3.8) is 0 Å². The van der Waals surface area contributed by atoms with E-state index in [4.69, 9.17) is 63.9 Å². The molecule has 0 aromatic heterocycles. The maximum absolute atomic E-state index is 12.8. The van der Waals surface area contributed by atoms with Crippen molar-refractivity contribution in [1.29, 1.82) is 0 Å². The van der Waals surface area contributed by atoms with Gasteiger partial charge in [-0.2, -0.15) is 0 Å². The van der Waals surface area contributed by atoms with Crippen molar-refractivity contribution in [3.8, 4) is 34.5 Å². The Labute approximate surface area is 683 Å². The predicted octanol–water partition coefficient (Wildman–Crippen LogP) is 15.3. The van der Waals surface area contributed by atoms with Crippen LogP contribution in [0.4, 0.5) is 0 Å². The summed E-state index contributed by atoms with van der Waals surface area (Å²) >= 11 is 0. The Morgan fingerprint density at radius 1 is 0.509 bits per heavy atom. The SMILES string of the molecule is CO.COCCCOc1cc(C[C@@H](C[C@H](N)[C@@H](O)C[C@H](C(=O)NCC2CC2)C(C)C)C(C)C)ccc1OC.COCCCOc1cc(C[C@@H](C[C@H](N=[N+]=[N-])[C@@H](O)C[C@H](C(=O)NCC2CC2)C(C)C)C(C)C)ccc1OC.COCCCOc1cc(C[C@@H](C[C@H](N=[N+]=[N-])[C@@H]2C[C@@H](C(C)C)C(=O)O2)C(C)C)ccc1OC.NCC1CC1. The van der Waals surface area contributed by atoms with E-state index < -0.39 is 24.3 Å². The summed E-state index contributed by atoms with van der Waals surface area (Å²) in [7, 11) is 10.9. The maximum atomic E-state index is 12.8. The summed E-state index contributed by atoms with van der Waals surface area (Å²) in [6.45, 7) is 31.0. The molecule has 26 heteroatoms. The molecule has 0 radical (unpaired) electrons. The topological polar surface area (TPSA) is 378 Å². The number of cyclic esters (lactones) is 1. The first-order chi connectivity index (χ1) is 54.6. The normalized spacial score (nSPS) is 17.7. The molecule has 9 N–H and O–H groups in total. The lowest BCUT2D eigenvalue weighted by atomic mass is 9.80. The highest BCUT2D eigenvalue weighted by Gasteiger charge is 2.41. The number of nitrogens with zero attached hydrogens (tertiary/aromatic N) is 6. The van der Waals surface area contributed by atoms with Gasteiger partial charge in [0, 0.05) is 108 Å². The molecule has 1 saturated heterocycles. The maximum Gasteiger partial charge on any atom is 0.309 e. The number of benzene rings is 3. The van der Waals surface area contributed by atoms with Crippen LogP contribution < -0.4 is 50.5 Å². The van der Waals surface area contributed by atoms with Gasteiger partial charge in [0.05, 0.1) is 71.4 Å². The zero-order chi connectivity index (χ0) is 84.8. The lowest BCUT2D eigenvalue weighted by Gasteiger charge is -2.30. The molecule has 3 aromatic carbocycles. The van der Waals surface area contributed by atoms with Crippen LogP contribution in [0.1, 0.15) is 196 Å². The average Bonchev–Trinajstić information content (AvgIpc) is 1.65. The fourth-order valence-corrected chi connectivity index (χ4v) is 13.9. The fourth-order valence-electron chi connectivity index (χ4n) is 13.9. The fraction of sp³-hybridized carbons (Fsp3) is 0.761. The van der Waals surface area contributed by atoms with Gasteiger partial charge in [0.25, 0.3) is 0 Å². The third kappa shape index (κ3) is 39.0. The van der Waals surface area contributed by atoms with Gasteiger partial charge in [-0.3, -0.25) is 14.4 Å². The molecule has 0 spiro atoms. The first kappa shape index (κ1) is 101. The highest BCUT2D eigenvalue weighted by Crippen LogP contribution is 2.39. The minimum Gasteiger partial charge on any atom is -0.493 e. The summed E-state index contributed by atoms with van der Waals surface area (Å²) in [5.41, 5.74) is 33.6. The predicted molar refractivity (Wildman–Crippen MR) is 451 cm³/mol. The van der Waals surface area contributed by atoms with Gasteiger partial charge in [-0.15, -0.1) is 0 Å². The third-order valence-electron chi connectivity index (χ3n) is 22.4. The minimum absolute atomic E-state index is 0.0256. The molecule has 12 atom stereocenters. The van der Waals surface area contributed by atoms with Gasteiger partial charge in [-0.05, 0) is 238 Å². The lowest BCUT2D eigenvalue weighted by molar-refractivity contribution is -0.146. The van der Waals surface area contributed by atoms with Gasteiger partial charge in [0.1, 0.15) is 6.10 Å². The molecule has 1 aliphatic heterocycles. The van der Waals surface area contributed by atoms with E-state index in [2.05, 4.69) is 78.3 Å². The molecule has 26 nitrogen and oxygen atoms in total. The highest BCUT2D eigenvalue weighted by molar-refractivity contribution is 5.79.